The van der Waals surface area contributed by atoms with Gasteiger partial charge in [0, 0.05) is 5.69 Å². The fourth-order valence-corrected chi connectivity index (χ4v) is 3.04. The van der Waals surface area contributed by atoms with E-state index in [4.69, 9.17) is 32.7 Å². The second-order valence-corrected chi connectivity index (χ2v) is 8.55. The smallest absolute Gasteiger partial charge is 0.407 e. The van der Waals surface area contributed by atoms with Crippen molar-refractivity contribution in [3.05, 3.63) is 58.1 Å². The third kappa shape index (κ3) is 7.76. The van der Waals surface area contributed by atoms with Crippen LogP contribution in [-0.2, 0) is 20.7 Å². The third-order valence-electron chi connectivity index (χ3n) is 3.84. The van der Waals surface area contributed by atoms with Gasteiger partial charge in [0.2, 0.25) is 0 Å². The summed E-state index contributed by atoms with van der Waals surface area (Å²) in [4.78, 5) is 24.1. The fourth-order valence-electron chi connectivity index (χ4n) is 2.55. The summed E-state index contributed by atoms with van der Waals surface area (Å²) in [7, 11) is 0. The normalized spacial score (nSPS) is 12.1. The van der Waals surface area contributed by atoms with Crippen LogP contribution < -0.4 is 10.6 Å². The number of benzene rings is 2. The van der Waals surface area contributed by atoms with E-state index < -0.39 is 23.8 Å². The molecule has 0 heterocycles. The van der Waals surface area contributed by atoms with E-state index in [0.717, 1.165) is 5.56 Å². The second kappa shape index (κ2) is 10.5. The van der Waals surface area contributed by atoms with Gasteiger partial charge in [-0.15, -0.1) is 0 Å². The van der Waals surface area contributed by atoms with E-state index in [2.05, 4.69) is 10.6 Å². The van der Waals surface area contributed by atoms with Crippen LogP contribution >= 0.6 is 23.2 Å². The van der Waals surface area contributed by atoms with E-state index in [0.29, 0.717) is 21.4 Å². The first-order valence-electron chi connectivity index (χ1n) is 9.50. The molecule has 30 heavy (non-hydrogen) atoms. The first kappa shape index (κ1) is 23.8. The monoisotopic (exact) mass is 452 g/mol. The van der Waals surface area contributed by atoms with E-state index in [1.54, 1.807) is 45.9 Å². The van der Waals surface area contributed by atoms with Crippen LogP contribution in [0.1, 0.15) is 33.3 Å². The Kier molecular flexibility index (Phi) is 8.38. The van der Waals surface area contributed by atoms with Crippen molar-refractivity contribution in [2.45, 2.75) is 45.8 Å². The number of carbonyl (C=O) groups is 2. The van der Waals surface area contributed by atoms with Gasteiger partial charge >= 0.3 is 12.1 Å². The summed E-state index contributed by atoms with van der Waals surface area (Å²) >= 11 is 12.4. The van der Waals surface area contributed by atoms with Gasteiger partial charge in [0.25, 0.3) is 0 Å². The van der Waals surface area contributed by atoms with Crippen LogP contribution in [0.5, 0.6) is 0 Å². The first-order valence-corrected chi connectivity index (χ1v) is 10.3. The maximum absolute atomic E-state index is 12.4. The topological polar surface area (TPSA) is 76.7 Å². The summed E-state index contributed by atoms with van der Waals surface area (Å²) in [6.07, 6.45) is -1.03. The Morgan fingerprint density at radius 3 is 2.30 bits per heavy atom. The number of carbonyl (C=O) groups excluding carboxylic acids is 2. The molecule has 0 saturated heterocycles. The zero-order valence-electron chi connectivity index (χ0n) is 17.4. The average molecular weight is 453 g/mol. The van der Waals surface area contributed by atoms with Gasteiger partial charge in [-0.2, -0.15) is 0 Å². The standard InChI is InChI=1S/C22H26Cl2N2O4/c1-14(13-25-21(28)30-22(2,3)4)29-19(27)12-15-8-5-6-11-18(15)26-20-16(23)9-7-10-17(20)24/h5-11,14,26H,12-13H2,1-4H3,(H,25,28). The highest BCUT2D eigenvalue weighted by Crippen LogP contribution is 2.33. The van der Waals surface area contributed by atoms with Crippen molar-refractivity contribution in [2.75, 3.05) is 11.9 Å². The van der Waals surface area contributed by atoms with Crippen LogP contribution in [0.25, 0.3) is 0 Å². The molecule has 2 aromatic carbocycles. The van der Waals surface area contributed by atoms with Crippen LogP contribution in [0.15, 0.2) is 42.5 Å². The number of halogens is 2. The molecule has 0 bridgehead atoms. The van der Waals surface area contributed by atoms with Gasteiger partial charge in [0.15, 0.2) is 0 Å². The van der Waals surface area contributed by atoms with Gasteiger partial charge < -0.3 is 20.1 Å². The van der Waals surface area contributed by atoms with Crippen LogP contribution in [0.4, 0.5) is 16.2 Å². The lowest BCUT2D eigenvalue weighted by atomic mass is 10.1. The molecule has 1 unspecified atom stereocenters. The lowest BCUT2D eigenvalue weighted by Gasteiger charge is -2.21. The highest BCUT2D eigenvalue weighted by atomic mass is 35.5. The third-order valence-corrected chi connectivity index (χ3v) is 4.47. The van der Waals surface area contributed by atoms with Gasteiger partial charge in [-0.3, -0.25) is 4.79 Å². The largest absolute Gasteiger partial charge is 0.461 e. The Morgan fingerprint density at radius 2 is 1.67 bits per heavy atom. The molecule has 6 nitrogen and oxygen atoms in total. The average Bonchev–Trinajstić information content (AvgIpc) is 2.63. The molecule has 2 aromatic rings. The lowest BCUT2D eigenvalue weighted by molar-refractivity contribution is -0.147. The number of esters is 1. The summed E-state index contributed by atoms with van der Waals surface area (Å²) in [5.74, 6) is -0.423. The molecule has 1 amide bonds. The van der Waals surface area contributed by atoms with E-state index in [-0.39, 0.29) is 13.0 Å². The molecule has 162 valence electrons. The van der Waals surface area contributed by atoms with E-state index in [1.165, 1.54) is 0 Å². The molecular formula is C22H26Cl2N2O4. The molecular weight excluding hydrogens is 427 g/mol. The van der Waals surface area contributed by atoms with Gasteiger partial charge in [0.05, 0.1) is 28.7 Å². The van der Waals surface area contributed by atoms with Crippen LogP contribution in [0, 0.1) is 0 Å². The van der Waals surface area contributed by atoms with Crippen molar-refractivity contribution in [2.24, 2.45) is 0 Å². The highest BCUT2D eigenvalue weighted by Gasteiger charge is 2.18. The molecule has 1 atom stereocenters. The van der Waals surface area contributed by atoms with Gasteiger partial charge in [-0.25, -0.2) is 4.79 Å². The molecule has 8 heteroatoms. The second-order valence-electron chi connectivity index (χ2n) is 7.74. The number of nitrogens with one attached hydrogen (secondary N) is 2. The summed E-state index contributed by atoms with van der Waals surface area (Å²) in [6.45, 7) is 7.17. The number of anilines is 2. The van der Waals surface area contributed by atoms with Crippen LogP contribution in [0.3, 0.4) is 0 Å². The minimum absolute atomic E-state index is 0.0437. The minimum atomic E-state index is -0.592. The van der Waals surface area contributed by atoms with Gasteiger partial charge in [-0.1, -0.05) is 47.5 Å². The molecule has 0 radical (unpaired) electrons. The zero-order chi connectivity index (χ0) is 22.3. The minimum Gasteiger partial charge on any atom is -0.461 e. The Morgan fingerprint density at radius 1 is 1.03 bits per heavy atom. The molecule has 0 spiro atoms. The zero-order valence-corrected chi connectivity index (χ0v) is 18.9. The van der Waals surface area contributed by atoms with Crippen molar-refractivity contribution >= 4 is 46.6 Å². The lowest BCUT2D eigenvalue weighted by Crippen LogP contribution is -2.37. The highest BCUT2D eigenvalue weighted by molar-refractivity contribution is 6.39. The Bertz CT molecular complexity index is 877. The van der Waals surface area contributed by atoms with E-state index in [9.17, 15) is 9.59 Å². The molecule has 0 aliphatic carbocycles. The van der Waals surface area contributed by atoms with Gasteiger partial charge in [0.1, 0.15) is 11.7 Å². The predicted molar refractivity (Wildman–Crippen MR) is 120 cm³/mol. The van der Waals surface area contributed by atoms with E-state index >= 15 is 0 Å². The molecule has 0 aromatic heterocycles. The Balaban J connectivity index is 1.95. The number of rotatable bonds is 7. The van der Waals surface area contributed by atoms with Gasteiger partial charge in [-0.05, 0) is 51.5 Å². The maximum Gasteiger partial charge on any atom is 0.407 e. The van der Waals surface area contributed by atoms with E-state index in [1.807, 2.05) is 24.3 Å². The van der Waals surface area contributed by atoms with Crippen molar-refractivity contribution < 1.29 is 19.1 Å². The number of alkyl carbamates (subject to hydrolysis) is 1. The number of amides is 1. The van der Waals surface area contributed by atoms with Crippen molar-refractivity contribution in [3.63, 3.8) is 0 Å². The van der Waals surface area contributed by atoms with Crippen LogP contribution in [-0.4, -0.2) is 30.3 Å². The molecule has 0 saturated carbocycles. The summed E-state index contributed by atoms with van der Waals surface area (Å²) < 4.78 is 10.6. The number of hydrogen-bond acceptors (Lipinski definition) is 5. The molecule has 0 aliphatic heterocycles. The number of ether oxygens (including phenoxy) is 2. The number of para-hydroxylation sites is 2. The summed E-state index contributed by atoms with van der Waals surface area (Å²) in [5.41, 5.74) is 1.40. The summed E-state index contributed by atoms with van der Waals surface area (Å²) in [5, 5.41) is 6.72. The quantitative estimate of drug-likeness (QED) is 0.523. The molecule has 2 rings (SSSR count). The maximum atomic E-state index is 12.4. The van der Waals surface area contributed by atoms with Crippen molar-refractivity contribution in [1.29, 1.82) is 0 Å². The van der Waals surface area contributed by atoms with Crippen molar-refractivity contribution in [3.8, 4) is 0 Å². The van der Waals surface area contributed by atoms with Crippen LogP contribution in [0.2, 0.25) is 10.0 Å². The molecule has 0 fully saturated rings. The molecule has 2 N–H and O–H groups in total. The number of hydrogen-bond donors (Lipinski definition) is 2. The van der Waals surface area contributed by atoms with Crippen molar-refractivity contribution in [1.82, 2.24) is 5.32 Å². The first-order chi connectivity index (χ1) is 14.0. The Labute approximate surface area is 186 Å². The fraction of sp³-hybridized carbons (Fsp3) is 0.364. The SMILES string of the molecule is CC(CNC(=O)OC(C)(C)C)OC(=O)Cc1ccccc1Nc1c(Cl)cccc1Cl. The summed E-state index contributed by atoms with van der Waals surface area (Å²) in [6, 6.07) is 12.5. The predicted octanol–water partition coefficient (Wildman–Crippen LogP) is 5.74. The molecule has 0 aliphatic rings. The Hall–Kier alpha value is -2.44.